The predicted octanol–water partition coefficient (Wildman–Crippen LogP) is 0.218. The molecule has 12 heteroatoms. The van der Waals surface area contributed by atoms with E-state index in [0.29, 0.717) is 5.69 Å². The van der Waals surface area contributed by atoms with Gasteiger partial charge in [-0.15, -0.1) is 0 Å². The van der Waals surface area contributed by atoms with E-state index in [1.54, 1.807) is 20.0 Å². The lowest BCUT2D eigenvalue weighted by Gasteiger charge is -2.24. The fourth-order valence-electron chi connectivity index (χ4n) is 3.79. The van der Waals surface area contributed by atoms with E-state index in [-0.39, 0.29) is 18.8 Å². The number of aromatic nitrogens is 3. The Hall–Kier alpha value is -4.19. The molecule has 0 fully saturated rings. The molecule has 12 nitrogen and oxygen atoms in total. The van der Waals surface area contributed by atoms with E-state index in [9.17, 15) is 24.3 Å². The zero-order valence-corrected chi connectivity index (χ0v) is 20.9. The summed E-state index contributed by atoms with van der Waals surface area (Å²) in [6, 6.07) is 3.42. The van der Waals surface area contributed by atoms with Crippen molar-refractivity contribution in [3.8, 4) is 0 Å². The maximum atomic E-state index is 13.2. The monoisotopic (exact) mass is 511 g/mol. The van der Waals surface area contributed by atoms with Crippen molar-refractivity contribution >= 4 is 34.6 Å². The lowest BCUT2D eigenvalue weighted by atomic mass is 10.0. The number of nitrogens with two attached hydrogens (primary N) is 1. The second kappa shape index (κ2) is 12.2. The molecule has 0 spiro atoms. The van der Waals surface area contributed by atoms with E-state index >= 15 is 0 Å². The maximum Gasteiger partial charge on any atom is 0.326 e. The van der Waals surface area contributed by atoms with Crippen LogP contribution in [0.5, 0.6) is 0 Å². The van der Waals surface area contributed by atoms with Crippen molar-refractivity contribution in [2.45, 2.75) is 57.8 Å². The summed E-state index contributed by atoms with van der Waals surface area (Å²) in [5, 5.41) is 18.1. The summed E-state index contributed by atoms with van der Waals surface area (Å²) >= 11 is 0. The number of fused-ring (bicyclic) bond motifs is 1. The Balaban J connectivity index is 1.72. The Morgan fingerprint density at radius 2 is 1.65 bits per heavy atom. The van der Waals surface area contributed by atoms with Crippen LogP contribution in [0.4, 0.5) is 0 Å². The molecule has 4 unspecified atom stereocenters. The van der Waals surface area contributed by atoms with Crippen LogP contribution in [0.1, 0.15) is 32.0 Å². The SMILES string of the molecule is CC(NC(=O)C(Cc1c[nH]c2ccccc12)NC(=O)C(N)C(C)C)C(=O)NC(Cc1cnc[nH]1)C(=O)O. The number of carbonyl (C=O) groups is 4. The Morgan fingerprint density at radius 1 is 0.946 bits per heavy atom. The number of rotatable bonds is 12. The molecule has 0 aliphatic carbocycles. The molecule has 0 bridgehead atoms. The third-order valence-corrected chi connectivity index (χ3v) is 6.10. The zero-order chi connectivity index (χ0) is 27.1. The first-order valence-corrected chi connectivity index (χ1v) is 12.0. The number of aliphatic carboxylic acids is 1. The number of hydrogen-bond donors (Lipinski definition) is 7. The first kappa shape index (κ1) is 27.4. The van der Waals surface area contributed by atoms with Crippen LogP contribution in [0.15, 0.2) is 43.0 Å². The van der Waals surface area contributed by atoms with Crippen molar-refractivity contribution in [2.24, 2.45) is 11.7 Å². The van der Waals surface area contributed by atoms with Gasteiger partial charge in [0.15, 0.2) is 0 Å². The van der Waals surface area contributed by atoms with Gasteiger partial charge in [0.05, 0.1) is 12.4 Å². The molecule has 3 amide bonds. The highest BCUT2D eigenvalue weighted by Crippen LogP contribution is 2.19. The molecule has 37 heavy (non-hydrogen) atoms. The number of aromatic amines is 2. The third-order valence-electron chi connectivity index (χ3n) is 6.10. The number of nitrogens with zero attached hydrogens (tertiary/aromatic N) is 1. The molecule has 0 radical (unpaired) electrons. The van der Waals surface area contributed by atoms with Crippen molar-refractivity contribution < 1.29 is 24.3 Å². The van der Waals surface area contributed by atoms with Crippen LogP contribution in [0.2, 0.25) is 0 Å². The van der Waals surface area contributed by atoms with Gasteiger partial charge in [-0.1, -0.05) is 32.0 Å². The number of carboxylic acids is 1. The van der Waals surface area contributed by atoms with E-state index in [0.717, 1.165) is 16.5 Å². The molecule has 2 aromatic heterocycles. The van der Waals surface area contributed by atoms with Crippen molar-refractivity contribution in [1.82, 2.24) is 30.9 Å². The summed E-state index contributed by atoms with van der Waals surface area (Å²) < 4.78 is 0. The second-order valence-corrected chi connectivity index (χ2v) is 9.31. The van der Waals surface area contributed by atoms with Gasteiger partial charge >= 0.3 is 5.97 Å². The smallest absolute Gasteiger partial charge is 0.326 e. The van der Waals surface area contributed by atoms with Crippen molar-refractivity contribution in [3.05, 3.63) is 54.2 Å². The van der Waals surface area contributed by atoms with Crippen molar-refractivity contribution in [3.63, 3.8) is 0 Å². The third kappa shape index (κ3) is 7.17. The topological polar surface area (TPSA) is 195 Å². The average Bonchev–Trinajstić information content (AvgIpc) is 3.52. The number of H-pyrrole nitrogens is 2. The summed E-state index contributed by atoms with van der Waals surface area (Å²) in [5.41, 5.74) is 8.20. The van der Waals surface area contributed by atoms with Crippen molar-refractivity contribution in [1.29, 1.82) is 0 Å². The van der Waals surface area contributed by atoms with Gasteiger partial charge in [0.25, 0.3) is 0 Å². The van der Waals surface area contributed by atoms with Crippen LogP contribution in [-0.4, -0.2) is 67.9 Å². The van der Waals surface area contributed by atoms with E-state index in [4.69, 9.17) is 5.73 Å². The summed E-state index contributed by atoms with van der Waals surface area (Å²) in [6.45, 7) is 5.04. The van der Waals surface area contributed by atoms with Crippen LogP contribution in [-0.2, 0) is 32.0 Å². The molecule has 3 aromatic rings. The molecule has 198 valence electrons. The van der Waals surface area contributed by atoms with E-state index in [2.05, 4.69) is 30.9 Å². The molecule has 0 aliphatic heterocycles. The van der Waals surface area contributed by atoms with E-state index in [1.807, 2.05) is 24.3 Å². The minimum absolute atomic E-state index is 0.00588. The molecule has 2 heterocycles. The number of para-hydroxylation sites is 1. The van der Waals surface area contributed by atoms with Crippen molar-refractivity contribution in [2.75, 3.05) is 0 Å². The van der Waals surface area contributed by atoms with Gasteiger partial charge in [-0.2, -0.15) is 0 Å². The highest BCUT2D eigenvalue weighted by Gasteiger charge is 2.30. The molecule has 3 rings (SSSR count). The van der Waals surface area contributed by atoms with Crippen LogP contribution < -0.4 is 21.7 Å². The average molecular weight is 512 g/mol. The van der Waals surface area contributed by atoms with Gasteiger partial charge in [0.1, 0.15) is 18.1 Å². The van der Waals surface area contributed by atoms with Gasteiger partial charge in [-0.3, -0.25) is 14.4 Å². The first-order chi connectivity index (χ1) is 17.6. The molecule has 8 N–H and O–H groups in total. The number of hydrogen-bond acceptors (Lipinski definition) is 6. The summed E-state index contributed by atoms with van der Waals surface area (Å²) in [4.78, 5) is 60.1. The molecule has 0 saturated heterocycles. The van der Waals surface area contributed by atoms with Crippen LogP contribution in [0, 0.1) is 5.92 Å². The lowest BCUT2D eigenvalue weighted by molar-refractivity contribution is -0.142. The predicted molar refractivity (Wildman–Crippen MR) is 136 cm³/mol. The minimum atomic E-state index is -1.23. The Labute approximate surface area is 213 Å². The second-order valence-electron chi connectivity index (χ2n) is 9.31. The number of carbonyl (C=O) groups excluding carboxylic acids is 3. The van der Waals surface area contributed by atoms with E-state index in [1.165, 1.54) is 19.4 Å². The minimum Gasteiger partial charge on any atom is -0.480 e. The lowest BCUT2D eigenvalue weighted by Crippen LogP contribution is -2.57. The number of benzene rings is 1. The fraction of sp³-hybridized carbons (Fsp3) is 0.400. The largest absolute Gasteiger partial charge is 0.480 e. The van der Waals surface area contributed by atoms with Gasteiger partial charge < -0.3 is 36.8 Å². The maximum absolute atomic E-state index is 13.2. The molecule has 1 aromatic carbocycles. The number of carboxylic acid groups (broad SMARTS) is 1. The molecule has 0 saturated carbocycles. The van der Waals surface area contributed by atoms with Crippen LogP contribution in [0.3, 0.4) is 0 Å². The highest BCUT2D eigenvalue weighted by atomic mass is 16.4. The number of amides is 3. The summed E-state index contributed by atoms with van der Waals surface area (Å²) in [6.07, 6.45) is 4.79. The fourth-order valence-corrected chi connectivity index (χ4v) is 3.79. The Kier molecular flexibility index (Phi) is 9.01. The van der Waals surface area contributed by atoms with Crippen LogP contribution >= 0.6 is 0 Å². The normalized spacial score (nSPS) is 14.5. The van der Waals surface area contributed by atoms with Gasteiger partial charge in [-0.25, -0.2) is 9.78 Å². The van der Waals surface area contributed by atoms with Gasteiger partial charge in [-0.05, 0) is 24.5 Å². The molecular formula is C25H33N7O5. The van der Waals surface area contributed by atoms with E-state index < -0.39 is 47.9 Å². The van der Waals surface area contributed by atoms with Gasteiger partial charge in [0.2, 0.25) is 17.7 Å². The molecular weight excluding hydrogens is 478 g/mol. The summed E-state index contributed by atoms with van der Waals surface area (Å²) in [5.74, 6) is -3.15. The molecule has 0 aliphatic rings. The summed E-state index contributed by atoms with van der Waals surface area (Å²) in [7, 11) is 0. The Morgan fingerprint density at radius 3 is 2.30 bits per heavy atom. The number of nitrogens with one attached hydrogen (secondary N) is 5. The first-order valence-electron chi connectivity index (χ1n) is 12.0. The quantitative estimate of drug-likeness (QED) is 0.180. The Bertz CT molecular complexity index is 1240. The van der Waals surface area contributed by atoms with Crippen LogP contribution in [0.25, 0.3) is 10.9 Å². The van der Waals surface area contributed by atoms with Gasteiger partial charge in [0, 0.05) is 41.8 Å². The standard InChI is InChI=1S/C25H33N7O5/c1-13(2)21(26)24(35)31-19(8-15-10-28-18-7-5-4-6-17(15)18)23(34)30-14(3)22(33)32-20(25(36)37)9-16-11-27-12-29-16/h4-7,10-14,19-21,28H,8-9,26H2,1-3H3,(H,27,29)(H,30,34)(H,31,35)(H,32,33)(H,36,37). The zero-order valence-electron chi connectivity index (χ0n) is 20.9. The molecule has 4 atom stereocenters. The highest BCUT2D eigenvalue weighted by molar-refractivity contribution is 5.94. The number of imidazole rings is 1.